The van der Waals surface area contributed by atoms with Crippen LogP contribution in [0.25, 0.3) is 5.69 Å². The fourth-order valence-corrected chi connectivity index (χ4v) is 8.03. The molecular formula is C27H38N3O. The topological polar surface area (TPSA) is 64.1 Å². The van der Waals surface area contributed by atoms with Crippen molar-refractivity contribution in [3.8, 4) is 5.69 Å². The molecule has 2 fully saturated rings. The quantitative estimate of drug-likeness (QED) is 0.776. The Morgan fingerprint density at radius 1 is 1.23 bits per heavy atom. The van der Waals surface area contributed by atoms with Crippen LogP contribution in [-0.4, -0.2) is 28.0 Å². The normalized spacial score (nSPS) is 39.8. The van der Waals surface area contributed by atoms with E-state index >= 15 is 0 Å². The van der Waals surface area contributed by atoms with Crippen molar-refractivity contribution in [3.63, 3.8) is 0 Å². The van der Waals surface area contributed by atoms with Gasteiger partial charge in [-0.1, -0.05) is 39.3 Å². The molecule has 0 unspecified atom stereocenters. The van der Waals surface area contributed by atoms with Crippen molar-refractivity contribution in [1.29, 1.82) is 0 Å². The van der Waals surface area contributed by atoms with Gasteiger partial charge in [0.25, 0.3) is 0 Å². The van der Waals surface area contributed by atoms with E-state index in [-0.39, 0.29) is 17.9 Å². The van der Waals surface area contributed by atoms with Gasteiger partial charge in [-0.3, -0.25) is 0 Å². The number of hydrogen-bond acceptors (Lipinski definition) is 3. The molecule has 4 heteroatoms. The van der Waals surface area contributed by atoms with E-state index in [1.165, 1.54) is 24.8 Å². The predicted octanol–water partition coefficient (Wildman–Crippen LogP) is 4.28. The summed E-state index contributed by atoms with van der Waals surface area (Å²) in [6, 6.07) is 11.1. The van der Waals surface area contributed by atoms with Gasteiger partial charge in [-0.15, -0.1) is 0 Å². The van der Waals surface area contributed by atoms with E-state index in [4.69, 9.17) is 10.8 Å². The number of aromatic nitrogens is 2. The molecule has 0 amide bonds. The standard InChI is InChI=1S/C27H38N3O/c1-17-9-10-22-23(14-28)24(11-18(2)26(17)22)27(3)13-19-15-30(21-7-5-4-6-8-21)29-25(19)12-20(27)16-31/h5-8,15,17-18,20,22-24,26,31H,9-14,16,28H2,1-3H3/t17-,18+,20+,22+,23-,24-,26+,27-/m0/s1. The van der Waals surface area contributed by atoms with E-state index in [1.54, 1.807) is 0 Å². The molecule has 4 nitrogen and oxygen atoms in total. The van der Waals surface area contributed by atoms with Gasteiger partial charge in [0.2, 0.25) is 0 Å². The smallest absolute Gasteiger partial charge is 0.0665 e. The first kappa shape index (κ1) is 21.2. The van der Waals surface area contributed by atoms with Crippen molar-refractivity contribution >= 4 is 0 Å². The Labute approximate surface area is 187 Å². The number of nitrogens with two attached hydrogens (primary N) is 1. The summed E-state index contributed by atoms with van der Waals surface area (Å²) in [4.78, 5) is 0. The third kappa shape index (κ3) is 3.38. The van der Waals surface area contributed by atoms with Crippen LogP contribution >= 0.6 is 0 Å². The fourth-order valence-electron chi connectivity index (χ4n) is 8.03. The van der Waals surface area contributed by atoms with Crippen molar-refractivity contribution in [1.82, 2.24) is 9.78 Å². The zero-order valence-corrected chi connectivity index (χ0v) is 19.3. The molecule has 0 bridgehead atoms. The molecule has 3 aliphatic carbocycles. The van der Waals surface area contributed by atoms with Gasteiger partial charge in [0, 0.05) is 12.8 Å². The van der Waals surface area contributed by atoms with E-state index in [0.29, 0.717) is 11.8 Å². The first-order chi connectivity index (χ1) is 15.0. The molecule has 1 radical (unpaired) electrons. The molecule has 31 heavy (non-hydrogen) atoms. The minimum Gasteiger partial charge on any atom is -0.396 e. The fraction of sp³-hybridized carbons (Fsp3) is 0.667. The van der Waals surface area contributed by atoms with Crippen LogP contribution in [0.15, 0.2) is 30.5 Å². The second-order valence-electron chi connectivity index (χ2n) is 11.1. The molecule has 3 aliphatic rings. The van der Waals surface area contributed by atoms with Gasteiger partial charge in [-0.25, -0.2) is 4.68 Å². The van der Waals surface area contributed by atoms with E-state index in [2.05, 4.69) is 45.2 Å². The summed E-state index contributed by atoms with van der Waals surface area (Å²) in [5.41, 5.74) is 10.1. The first-order valence-electron chi connectivity index (χ1n) is 12.3. The van der Waals surface area contributed by atoms with Crippen LogP contribution in [0, 0.1) is 52.9 Å². The SMILES string of the molecule is C[C@@H]1C[C@H]([C@@]2(C)Cc3cn(-c4cc[c]cc4)nc3C[C@@H]2CO)[C@@H](CN)[C@H]2CC[C@H](C)[C@@H]21. The summed E-state index contributed by atoms with van der Waals surface area (Å²) >= 11 is 0. The molecule has 0 saturated heterocycles. The zero-order valence-electron chi connectivity index (χ0n) is 19.3. The Bertz CT molecular complexity index is 908. The van der Waals surface area contributed by atoms with Crippen LogP contribution in [0.5, 0.6) is 0 Å². The number of rotatable bonds is 4. The molecule has 1 heterocycles. The lowest BCUT2D eigenvalue weighted by atomic mass is 9.50. The van der Waals surface area contributed by atoms with Gasteiger partial charge in [0.15, 0.2) is 0 Å². The summed E-state index contributed by atoms with van der Waals surface area (Å²) in [7, 11) is 0. The molecule has 167 valence electrons. The lowest BCUT2D eigenvalue weighted by Gasteiger charge is -2.55. The Balaban J connectivity index is 1.49. The van der Waals surface area contributed by atoms with Crippen molar-refractivity contribution in [2.45, 2.75) is 52.9 Å². The second-order valence-corrected chi connectivity index (χ2v) is 11.1. The van der Waals surface area contributed by atoms with Crippen LogP contribution < -0.4 is 5.73 Å². The van der Waals surface area contributed by atoms with Crippen molar-refractivity contribution in [3.05, 3.63) is 47.8 Å². The predicted molar refractivity (Wildman–Crippen MR) is 124 cm³/mol. The number of aliphatic hydroxyl groups excluding tert-OH is 1. The highest BCUT2D eigenvalue weighted by atomic mass is 16.3. The zero-order chi connectivity index (χ0) is 21.8. The Morgan fingerprint density at radius 3 is 2.71 bits per heavy atom. The Hall–Kier alpha value is -1.65. The molecule has 0 spiro atoms. The summed E-state index contributed by atoms with van der Waals surface area (Å²) in [5.74, 6) is 4.55. The number of fused-ring (bicyclic) bond motifs is 2. The second kappa shape index (κ2) is 8.04. The van der Waals surface area contributed by atoms with Gasteiger partial charge < -0.3 is 10.8 Å². The molecule has 2 aromatic rings. The van der Waals surface area contributed by atoms with Gasteiger partial charge in [0.1, 0.15) is 0 Å². The van der Waals surface area contributed by atoms with E-state index in [0.717, 1.165) is 54.4 Å². The summed E-state index contributed by atoms with van der Waals surface area (Å²) in [6.45, 7) is 8.40. The largest absolute Gasteiger partial charge is 0.396 e. The highest BCUT2D eigenvalue weighted by Gasteiger charge is 2.55. The van der Waals surface area contributed by atoms with E-state index in [1.807, 2.05) is 16.8 Å². The number of nitrogens with zero attached hydrogens (tertiary/aromatic N) is 2. The van der Waals surface area contributed by atoms with Gasteiger partial charge in [-0.2, -0.15) is 5.10 Å². The summed E-state index contributed by atoms with van der Waals surface area (Å²) in [5, 5.41) is 15.4. The first-order valence-corrected chi connectivity index (χ1v) is 12.3. The van der Waals surface area contributed by atoms with Gasteiger partial charge >= 0.3 is 0 Å². The minimum atomic E-state index is 0.0647. The van der Waals surface area contributed by atoms with Crippen LogP contribution in [-0.2, 0) is 12.8 Å². The van der Waals surface area contributed by atoms with Crippen LogP contribution in [0.4, 0.5) is 0 Å². The van der Waals surface area contributed by atoms with Gasteiger partial charge in [0.05, 0.1) is 11.4 Å². The lowest BCUT2D eigenvalue weighted by Crippen LogP contribution is -2.53. The van der Waals surface area contributed by atoms with E-state index in [9.17, 15) is 5.11 Å². The van der Waals surface area contributed by atoms with Crippen molar-refractivity contribution in [2.24, 2.45) is 52.6 Å². The Morgan fingerprint density at radius 2 is 2.00 bits per heavy atom. The molecular weight excluding hydrogens is 382 g/mol. The molecule has 3 N–H and O–H groups in total. The van der Waals surface area contributed by atoms with Crippen LogP contribution in [0.3, 0.4) is 0 Å². The number of hydrogen-bond donors (Lipinski definition) is 2. The molecule has 0 aliphatic heterocycles. The number of aliphatic hydroxyl groups is 1. The summed E-state index contributed by atoms with van der Waals surface area (Å²) < 4.78 is 2.01. The summed E-state index contributed by atoms with van der Waals surface area (Å²) in [6.07, 6.45) is 8.02. The average Bonchev–Trinajstić information content (AvgIpc) is 3.37. The molecule has 2 saturated carbocycles. The monoisotopic (exact) mass is 420 g/mol. The maximum atomic E-state index is 10.5. The van der Waals surface area contributed by atoms with Gasteiger partial charge in [-0.05, 0) is 103 Å². The van der Waals surface area contributed by atoms with Crippen molar-refractivity contribution in [2.75, 3.05) is 13.2 Å². The maximum absolute atomic E-state index is 10.5. The Kier molecular flexibility index (Phi) is 5.50. The van der Waals surface area contributed by atoms with Crippen LogP contribution in [0.1, 0.15) is 51.3 Å². The lowest BCUT2D eigenvalue weighted by molar-refractivity contribution is -0.0605. The highest BCUT2D eigenvalue weighted by Crippen LogP contribution is 2.59. The highest BCUT2D eigenvalue weighted by molar-refractivity contribution is 5.34. The van der Waals surface area contributed by atoms with Crippen LogP contribution in [0.2, 0.25) is 0 Å². The minimum absolute atomic E-state index is 0.0647. The maximum Gasteiger partial charge on any atom is 0.0665 e. The van der Waals surface area contributed by atoms with Crippen molar-refractivity contribution < 1.29 is 5.11 Å². The number of benzene rings is 1. The van der Waals surface area contributed by atoms with E-state index < -0.39 is 0 Å². The molecule has 8 atom stereocenters. The third-order valence-electron chi connectivity index (χ3n) is 9.58. The molecule has 1 aromatic heterocycles. The molecule has 5 rings (SSSR count). The third-order valence-corrected chi connectivity index (χ3v) is 9.58. The molecule has 1 aromatic carbocycles. The average molecular weight is 421 g/mol.